The van der Waals surface area contributed by atoms with Crippen LogP contribution in [-0.2, 0) is 19.3 Å². The molecule has 0 bridgehead atoms. The average Bonchev–Trinajstić information content (AvgIpc) is 2.22. The molecule has 0 saturated carbocycles. The third kappa shape index (κ3) is 8.15. The highest BCUT2D eigenvalue weighted by Gasteiger charge is 2.03. The third-order valence-corrected chi connectivity index (χ3v) is 1.31. The van der Waals surface area contributed by atoms with Crippen molar-refractivity contribution in [2.24, 2.45) is 0 Å². The number of ether oxygens (including phenoxy) is 1. The van der Waals surface area contributed by atoms with Gasteiger partial charge in [0.05, 0.1) is 12.6 Å². The van der Waals surface area contributed by atoms with Crippen molar-refractivity contribution >= 4 is 0 Å². The van der Waals surface area contributed by atoms with Crippen molar-refractivity contribution < 1.29 is 19.3 Å². The van der Waals surface area contributed by atoms with Gasteiger partial charge in [0.2, 0.25) is 0 Å². The summed E-state index contributed by atoms with van der Waals surface area (Å²) >= 11 is 0. The van der Waals surface area contributed by atoms with E-state index in [-0.39, 0.29) is 12.8 Å². The molecular weight excluding hydrogens is 186 g/mol. The Labute approximate surface area is 84.9 Å². The van der Waals surface area contributed by atoms with Gasteiger partial charge in [-0.2, -0.15) is 5.48 Å². The number of rotatable bonds is 10. The summed E-state index contributed by atoms with van der Waals surface area (Å²) in [6, 6.07) is -0.109. The Morgan fingerprint density at radius 3 is 2.64 bits per heavy atom. The van der Waals surface area contributed by atoms with E-state index in [0.29, 0.717) is 19.8 Å². The van der Waals surface area contributed by atoms with E-state index in [1.54, 1.807) is 6.08 Å². The van der Waals surface area contributed by atoms with Gasteiger partial charge in [0.25, 0.3) is 0 Å². The second-order valence-electron chi connectivity index (χ2n) is 2.41. The third-order valence-electron chi connectivity index (χ3n) is 1.31. The predicted molar refractivity (Wildman–Crippen MR) is 52.3 cm³/mol. The van der Waals surface area contributed by atoms with Crippen molar-refractivity contribution in [2.75, 3.05) is 26.6 Å². The first-order valence-corrected chi connectivity index (χ1v) is 4.67. The molecule has 0 rings (SSSR count). The second kappa shape index (κ2) is 10.6. The average molecular weight is 205 g/mol. The van der Waals surface area contributed by atoms with Crippen molar-refractivity contribution in [3.63, 3.8) is 0 Å². The minimum atomic E-state index is -0.109. The summed E-state index contributed by atoms with van der Waals surface area (Å²) in [5, 5.41) is 0. The highest BCUT2D eigenvalue weighted by atomic mass is 17.2. The lowest BCUT2D eigenvalue weighted by Crippen LogP contribution is -2.32. The number of nitrogens with one attached hydrogen (secondary N) is 1. The minimum Gasteiger partial charge on any atom is -0.354 e. The molecule has 0 aliphatic carbocycles. The van der Waals surface area contributed by atoms with Crippen LogP contribution in [0, 0.1) is 0 Å². The van der Waals surface area contributed by atoms with Gasteiger partial charge < -0.3 is 4.74 Å². The van der Waals surface area contributed by atoms with Crippen LogP contribution in [-0.4, -0.2) is 32.7 Å². The van der Waals surface area contributed by atoms with Gasteiger partial charge in [-0.25, -0.2) is 9.78 Å². The maximum Gasteiger partial charge on any atom is 0.166 e. The van der Waals surface area contributed by atoms with E-state index in [4.69, 9.17) is 19.3 Å². The Morgan fingerprint density at radius 1 is 1.29 bits per heavy atom. The van der Waals surface area contributed by atoms with Gasteiger partial charge in [-0.15, -0.1) is 6.58 Å². The zero-order valence-electron chi connectivity index (χ0n) is 8.82. The summed E-state index contributed by atoms with van der Waals surface area (Å²) in [5.41, 5.74) is 2.72. The fraction of sp³-hybridized carbons (Fsp3) is 0.778. The van der Waals surface area contributed by atoms with Crippen LogP contribution in [0.4, 0.5) is 0 Å². The molecule has 14 heavy (non-hydrogen) atoms. The van der Waals surface area contributed by atoms with E-state index in [1.807, 2.05) is 13.8 Å². The molecule has 5 heteroatoms. The van der Waals surface area contributed by atoms with Gasteiger partial charge >= 0.3 is 0 Å². The lowest BCUT2D eigenvalue weighted by Gasteiger charge is -2.13. The van der Waals surface area contributed by atoms with Crippen LogP contribution in [0.1, 0.15) is 13.8 Å². The number of hydrogen-bond acceptors (Lipinski definition) is 5. The highest BCUT2D eigenvalue weighted by Crippen LogP contribution is 1.89. The Balaban J connectivity index is 3.33. The molecule has 1 N–H and O–H groups in total. The molecule has 0 aromatic carbocycles. The first-order valence-electron chi connectivity index (χ1n) is 4.67. The van der Waals surface area contributed by atoms with Gasteiger partial charge in [-0.05, 0) is 13.8 Å². The maximum absolute atomic E-state index is 4.98. The van der Waals surface area contributed by atoms with Crippen molar-refractivity contribution in [3.8, 4) is 0 Å². The first-order chi connectivity index (χ1) is 6.85. The first kappa shape index (κ1) is 13.5. The molecule has 0 aromatic heterocycles. The zero-order chi connectivity index (χ0) is 10.6. The molecule has 1 unspecified atom stereocenters. The molecule has 84 valence electrons. The normalized spacial score (nSPS) is 12.7. The lowest BCUT2D eigenvalue weighted by atomic mass is 10.3. The molecule has 0 spiro atoms. The monoisotopic (exact) mass is 205 g/mol. The molecule has 1 atom stereocenters. The van der Waals surface area contributed by atoms with Gasteiger partial charge in [0.15, 0.2) is 6.79 Å². The van der Waals surface area contributed by atoms with Crippen molar-refractivity contribution in [2.45, 2.75) is 19.9 Å². The molecule has 0 aliphatic heterocycles. The summed E-state index contributed by atoms with van der Waals surface area (Å²) in [4.78, 5) is 14.5. The molecule has 0 amide bonds. The Hall–Kier alpha value is -0.460. The van der Waals surface area contributed by atoms with E-state index in [2.05, 4.69) is 12.1 Å². The molecule has 0 aliphatic rings. The van der Waals surface area contributed by atoms with Crippen LogP contribution >= 0.6 is 0 Å². The standard InChI is InChI=1S/C9H19NO4/c1-4-9(7-14-13-6-3)10-12-8-11-5-2/h4,9-10H,1,5-8H2,2-3H3. The van der Waals surface area contributed by atoms with Gasteiger partial charge in [-0.3, -0.25) is 4.84 Å². The summed E-state index contributed by atoms with van der Waals surface area (Å²) in [6.45, 7) is 9.06. The maximum atomic E-state index is 4.98. The molecule has 0 aromatic rings. The predicted octanol–water partition coefficient (Wildman–Crippen LogP) is 1.02. The minimum absolute atomic E-state index is 0.109. The largest absolute Gasteiger partial charge is 0.354 e. The molecule has 0 heterocycles. The molecular formula is C9H19NO4. The molecule has 0 fully saturated rings. The summed E-state index contributed by atoms with van der Waals surface area (Å²) < 4.78 is 4.96. The topological polar surface area (TPSA) is 49.0 Å². The Morgan fingerprint density at radius 2 is 2.07 bits per heavy atom. The highest BCUT2D eigenvalue weighted by molar-refractivity contribution is 4.82. The number of hydroxylamine groups is 1. The van der Waals surface area contributed by atoms with Gasteiger partial charge in [0, 0.05) is 6.61 Å². The van der Waals surface area contributed by atoms with Crippen LogP contribution in [0.25, 0.3) is 0 Å². The van der Waals surface area contributed by atoms with Crippen LogP contribution in [0.15, 0.2) is 12.7 Å². The Kier molecular flexibility index (Phi) is 10.3. The fourth-order valence-corrected chi connectivity index (χ4v) is 0.621. The van der Waals surface area contributed by atoms with Crippen LogP contribution in [0.5, 0.6) is 0 Å². The van der Waals surface area contributed by atoms with Crippen LogP contribution in [0.3, 0.4) is 0 Å². The van der Waals surface area contributed by atoms with Crippen LogP contribution < -0.4 is 5.48 Å². The molecule has 0 radical (unpaired) electrons. The van der Waals surface area contributed by atoms with Gasteiger partial charge in [0.1, 0.15) is 6.61 Å². The lowest BCUT2D eigenvalue weighted by molar-refractivity contribution is -0.296. The van der Waals surface area contributed by atoms with Crippen molar-refractivity contribution in [1.82, 2.24) is 5.48 Å². The van der Waals surface area contributed by atoms with Crippen molar-refractivity contribution in [1.29, 1.82) is 0 Å². The van der Waals surface area contributed by atoms with Crippen LogP contribution in [0.2, 0.25) is 0 Å². The SMILES string of the molecule is C=CC(COOCC)NOCOCC. The van der Waals surface area contributed by atoms with E-state index >= 15 is 0 Å². The van der Waals surface area contributed by atoms with E-state index < -0.39 is 0 Å². The summed E-state index contributed by atoms with van der Waals surface area (Å²) in [5.74, 6) is 0. The summed E-state index contributed by atoms with van der Waals surface area (Å²) in [7, 11) is 0. The summed E-state index contributed by atoms with van der Waals surface area (Å²) in [6.07, 6.45) is 1.67. The Bertz CT molecular complexity index is 132. The zero-order valence-corrected chi connectivity index (χ0v) is 8.82. The molecule has 0 saturated heterocycles. The van der Waals surface area contributed by atoms with E-state index in [9.17, 15) is 0 Å². The van der Waals surface area contributed by atoms with E-state index in [1.165, 1.54) is 0 Å². The van der Waals surface area contributed by atoms with E-state index in [0.717, 1.165) is 0 Å². The number of hydrogen-bond donors (Lipinski definition) is 1. The second-order valence-corrected chi connectivity index (χ2v) is 2.41. The quantitative estimate of drug-likeness (QED) is 0.190. The smallest absolute Gasteiger partial charge is 0.166 e. The van der Waals surface area contributed by atoms with Crippen molar-refractivity contribution in [3.05, 3.63) is 12.7 Å². The fourth-order valence-electron chi connectivity index (χ4n) is 0.621. The van der Waals surface area contributed by atoms with Gasteiger partial charge in [-0.1, -0.05) is 6.08 Å². The molecule has 5 nitrogen and oxygen atoms in total.